The summed E-state index contributed by atoms with van der Waals surface area (Å²) in [6, 6.07) is 17.6. The molecule has 0 atom stereocenters. The van der Waals surface area contributed by atoms with Gasteiger partial charge in [-0.2, -0.15) is 0 Å². The van der Waals surface area contributed by atoms with Crippen molar-refractivity contribution in [3.05, 3.63) is 65.9 Å². The van der Waals surface area contributed by atoms with Gasteiger partial charge in [0.25, 0.3) is 0 Å². The van der Waals surface area contributed by atoms with Crippen LogP contribution in [0.3, 0.4) is 0 Å². The molecule has 3 heteroatoms. The number of aryl methyl sites for hydroxylation is 1. The maximum atomic E-state index is 4.50. The lowest BCUT2D eigenvalue weighted by atomic mass is 9.89. The first-order valence-electron chi connectivity index (χ1n) is 10.7. The molecule has 3 nitrogen and oxygen atoms in total. The second-order valence-corrected chi connectivity index (χ2v) is 8.64. The Morgan fingerprint density at radius 3 is 2.50 bits per heavy atom. The molecule has 1 aliphatic carbocycles. The number of nitrogens with one attached hydrogen (secondary N) is 1. The molecule has 28 heavy (non-hydrogen) atoms. The molecule has 2 aliphatic rings. The zero-order valence-corrected chi connectivity index (χ0v) is 16.7. The summed E-state index contributed by atoms with van der Waals surface area (Å²) in [7, 11) is 0. The molecule has 2 fully saturated rings. The van der Waals surface area contributed by atoms with Gasteiger partial charge >= 0.3 is 0 Å². The summed E-state index contributed by atoms with van der Waals surface area (Å²) in [5.74, 6) is 1.73. The quantitative estimate of drug-likeness (QED) is 0.607. The highest BCUT2D eigenvalue weighted by atomic mass is 15.1. The van der Waals surface area contributed by atoms with Crippen molar-refractivity contribution in [1.82, 2.24) is 9.88 Å². The van der Waals surface area contributed by atoms with Gasteiger partial charge in [-0.05, 0) is 92.9 Å². The fourth-order valence-electron chi connectivity index (χ4n) is 4.48. The monoisotopic (exact) mass is 371 g/mol. The maximum absolute atomic E-state index is 4.50. The molecule has 1 aliphatic heterocycles. The number of hydrogen-bond donors (Lipinski definition) is 1. The van der Waals surface area contributed by atoms with Crippen LogP contribution >= 0.6 is 0 Å². The van der Waals surface area contributed by atoms with Crippen molar-refractivity contribution < 1.29 is 0 Å². The van der Waals surface area contributed by atoms with Crippen LogP contribution in [0.5, 0.6) is 0 Å². The third-order valence-electron chi connectivity index (χ3n) is 6.36. The van der Waals surface area contributed by atoms with E-state index >= 15 is 0 Å². The first kappa shape index (κ1) is 17.7. The Balaban J connectivity index is 1.26. The van der Waals surface area contributed by atoms with Crippen LogP contribution in [0.1, 0.15) is 42.7 Å². The average Bonchev–Trinajstić information content (AvgIpc) is 3.53. The number of nitrogens with zero attached hydrogens (tertiary/aromatic N) is 2. The normalized spacial score (nSPS) is 18.5. The third kappa shape index (κ3) is 3.90. The minimum absolute atomic E-state index is 0.717. The van der Waals surface area contributed by atoms with Crippen molar-refractivity contribution in [2.24, 2.45) is 5.92 Å². The number of aromatic nitrogens is 1. The van der Waals surface area contributed by atoms with E-state index in [0.717, 1.165) is 22.8 Å². The van der Waals surface area contributed by atoms with E-state index in [0.29, 0.717) is 5.92 Å². The van der Waals surface area contributed by atoms with Gasteiger partial charge in [0, 0.05) is 29.5 Å². The van der Waals surface area contributed by atoms with Crippen molar-refractivity contribution >= 4 is 22.3 Å². The number of piperidine rings is 1. The van der Waals surface area contributed by atoms with Gasteiger partial charge in [-0.25, -0.2) is 0 Å². The van der Waals surface area contributed by atoms with Gasteiger partial charge in [-0.3, -0.25) is 4.98 Å². The highest BCUT2D eigenvalue weighted by Crippen LogP contribution is 2.34. The molecule has 5 rings (SSSR count). The van der Waals surface area contributed by atoms with Gasteiger partial charge in [-0.1, -0.05) is 24.3 Å². The summed E-state index contributed by atoms with van der Waals surface area (Å²) in [6.45, 7) is 5.98. The van der Waals surface area contributed by atoms with Gasteiger partial charge < -0.3 is 10.2 Å². The number of anilines is 2. The van der Waals surface area contributed by atoms with Gasteiger partial charge in [0.05, 0.1) is 5.52 Å². The minimum Gasteiger partial charge on any atom is -0.355 e. The van der Waals surface area contributed by atoms with Crippen molar-refractivity contribution in [1.29, 1.82) is 0 Å². The first-order chi connectivity index (χ1) is 13.7. The molecule has 0 spiro atoms. The molecule has 2 heterocycles. The molecule has 1 aromatic heterocycles. The topological polar surface area (TPSA) is 28.2 Å². The summed E-state index contributed by atoms with van der Waals surface area (Å²) in [6.07, 6.45) is 7.40. The van der Waals surface area contributed by atoms with Crippen molar-refractivity contribution in [3.8, 4) is 0 Å². The van der Waals surface area contributed by atoms with Crippen molar-refractivity contribution in [2.75, 3.05) is 25.0 Å². The van der Waals surface area contributed by atoms with E-state index in [1.54, 1.807) is 0 Å². The van der Waals surface area contributed by atoms with E-state index < -0.39 is 0 Å². The van der Waals surface area contributed by atoms with E-state index in [-0.39, 0.29) is 0 Å². The number of pyridine rings is 1. The minimum atomic E-state index is 0.717. The molecule has 0 amide bonds. The Hall–Kier alpha value is -2.39. The average molecular weight is 372 g/mol. The predicted molar refractivity (Wildman–Crippen MR) is 117 cm³/mol. The molecule has 1 saturated carbocycles. The highest BCUT2D eigenvalue weighted by molar-refractivity contribution is 5.93. The summed E-state index contributed by atoms with van der Waals surface area (Å²) in [5, 5.41) is 4.75. The van der Waals surface area contributed by atoms with E-state index in [4.69, 9.17) is 0 Å². The van der Waals surface area contributed by atoms with Crippen LogP contribution in [0.25, 0.3) is 10.9 Å². The Bertz CT molecular complexity index is 951. The zero-order chi connectivity index (χ0) is 18.9. The highest BCUT2D eigenvalue weighted by Gasteiger charge is 2.27. The van der Waals surface area contributed by atoms with E-state index in [1.165, 1.54) is 61.8 Å². The molecule has 0 radical (unpaired) electrons. The molecule has 0 bridgehead atoms. The van der Waals surface area contributed by atoms with Crippen LogP contribution in [0.2, 0.25) is 0 Å². The number of hydrogen-bond acceptors (Lipinski definition) is 3. The Morgan fingerprint density at radius 2 is 1.75 bits per heavy atom. The van der Waals surface area contributed by atoms with E-state index in [9.17, 15) is 0 Å². The lowest BCUT2D eigenvalue weighted by Gasteiger charge is -2.32. The number of rotatable bonds is 5. The summed E-state index contributed by atoms with van der Waals surface area (Å²) in [4.78, 5) is 7.18. The fraction of sp³-hybridized carbons (Fsp3) is 0.400. The molecule has 3 aromatic rings. The van der Waals surface area contributed by atoms with Gasteiger partial charge in [0.2, 0.25) is 0 Å². The Kier molecular flexibility index (Phi) is 4.77. The molecule has 2 aromatic carbocycles. The first-order valence-corrected chi connectivity index (χ1v) is 10.7. The zero-order valence-electron chi connectivity index (χ0n) is 16.7. The molecule has 144 valence electrons. The largest absolute Gasteiger partial charge is 0.355 e. The lowest BCUT2D eigenvalue weighted by Crippen LogP contribution is -2.34. The SMILES string of the molecule is Cc1ccc2c(Nc3ccc(C4CCN(CC5CC5)CC4)cc3)ccnc2c1. The van der Waals surface area contributed by atoms with Crippen LogP contribution < -0.4 is 5.32 Å². The van der Waals surface area contributed by atoms with E-state index in [1.807, 2.05) is 6.20 Å². The van der Waals surface area contributed by atoms with Crippen LogP contribution in [0.15, 0.2) is 54.7 Å². The van der Waals surface area contributed by atoms with Gasteiger partial charge in [0.15, 0.2) is 0 Å². The number of fused-ring (bicyclic) bond motifs is 1. The predicted octanol–water partition coefficient (Wildman–Crippen LogP) is 5.88. The second-order valence-electron chi connectivity index (χ2n) is 8.64. The van der Waals surface area contributed by atoms with Crippen LogP contribution in [0, 0.1) is 12.8 Å². The molecule has 1 N–H and O–H groups in total. The van der Waals surface area contributed by atoms with Gasteiger partial charge in [-0.15, -0.1) is 0 Å². The van der Waals surface area contributed by atoms with Crippen LogP contribution in [-0.4, -0.2) is 29.5 Å². The number of benzene rings is 2. The van der Waals surface area contributed by atoms with Crippen LogP contribution in [0.4, 0.5) is 11.4 Å². The summed E-state index contributed by atoms with van der Waals surface area (Å²) < 4.78 is 0. The molecular formula is C25H29N3. The molecular weight excluding hydrogens is 342 g/mol. The fourth-order valence-corrected chi connectivity index (χ4v) is 4.48. The van der Waals surface area contributed by atoms with Crippen molar-refractivity contribution in [2.45, 2.75) is 38.5 Å². The summed E-state index contributed by atoms with van der Waals surface area (Å²) >= 11 is 0. The summed E-state index contributed by atoms with van der Waals surface area (Å²) in [5.41, 5.74) is 6.03. The Labute approximate surface area is 167 Å². The third-order valence-corrected chi connectivity index (χ3v) is 6.36. The van der Waals surface area contributed by atoms with E-state index in [2.05, 4.69) is 70.7 Å². The smallest absolute Gasteiger partial charge is 0.0725 e. The lowest BCUT2D eigenvalue weighted by molar-refractivity contribution is 0.204. The number of likely N-dealkylation sites (tertiary alicyclic amines) is 1. The van der Waals surface area contributed by atoms with Crippen molar-refractivity contribution in [3.63, 3.8) is 0 Å². The van der Waals surface area contributed by atoms with Gasteiger partial charge in [0.1, 0.15) is 0 Å². The maximum Gasteiger partial charge on any atom is 0.0725 e. The molecule has 1 saturated heterocycles. The molecule has 0 unspecified atom stereocenters. The second kappa shape index (κ2) is 7.56. The standard InChI is InChI=1S/C25H29N3/c1-18-2-9-23-24(10-13-26-25(23)16-18)27-22-7-5-20(6-8-22)21-11-14-28(15-12-21)17-19-3-4-19/h2,5-10,13,16,19,21H,3-4,11-12,14-15,17H2,1H3,(H,26,27). The Morgan fingerprint density at radius 1 is 0.964 bits per heavy atom. The van der Waals surface area contributed by atoms with Crippen LogP contribution in [-0.2, 0) is 0 Å².